The van der Waals surface area contributed by atoms with Crippen LogP contribution < -0.4 is 5.32 Å². The highest BCUT2D eigenvalue weighted by Gasteiger charge is 2.09. The quantitative estimate of drug-likeness (QED) is 0.810. The Morgan fingerprint density at radius 2 is 2.12 bits per heavy atom. The molecule has 0 aliphatic rings. The van der Waals surface area contributed by atoms with Crippen LogP contribution in [0.15, 0.2) is 29.0 Å². The molecule has 0 atom stereocenters. The van der Waals surface area contributed by atoms with Gasteiger partial charge < -0.3 is 5.32 Å². The summed E-state index contributed by atoms with van der Waals surface area (Å²) in [6, 6.07) is 0. The molecule has 1 heterocycles. The Labute approximate surface area is 103 Å². The van der Waals surface area contributed by atoms with E-state index in [4.69, 9.17) is 0 Å². The van der Waals surface area contributed by atoms with Crippen LogP contribution in [-0.2, 0) is 0 Å². The van der Waals surface area contributed by atoms with E-state index in [9.17, 15) is 0 Å². The molecular formula is C13H20N4. The Kier molecular flexibility index (Phi) is 4.26. The molecule has 1 aromatic heterocycles. The SMILES string of the molecule is C=C(C)N=CC(=C(C)C)n1c(C)cnc1NC. The highest BCUT2D eigenvalue weighted by molar-refractivity contribution is 6.04. The van der Waals surface area contributed by atoms with Crippen molar-refractivity contribution in [2.24, 2.45) is 4.99 Å². The minimum atomic E-state index is 0.785. The second-order valence-corrected chi connectivity index (χ2v) is 4.19. The summed E-state index contributed by atoms with van der Waals surface area (Å²) in [5.74, 6) is 0.812. The van der Waals surface area contributed by atoms with E-state index >= 15 is 0 Å². The number of aryl methyl sites for hydroxylation is 1. The first-order valence-corrected chi connectivity index (χ1v) is 5.57. The summed E-state index contributed by atoms with van der Waals surface area (Å²) in [6.45, 7) is 11.8. The minimum Gasteiger partial charge on any atom is -0.358 e. The lowest BCUT2D eigenvalue weighted by atomic mass is 10.2. The van der Waals surface area contributed by atoms with Gasteiger partial charge in [0.1, 0.15) is 0 Å². The van der Waals surface area contributed by atoms with Gasteiger partial charge in [0.15, 0.2) is 0 Å². The molecule has 0 spiro atoms. The first-order chi connectivity index (χ1) is 7.97. The van der Waals surface area contributed by atoms with Gasteiger partial charge in [-0.3, -0.25) is 9.56 Å². The zero-order valence-electron chi connectivity index (χ0n) is 11.2. The van der Waals surface area contributed by atoms with Gasteiger partial charge in [-0.05, 0) is 27.7 Å². The van der Waals surface area contributed by atoms with Crippen molar-refractivity contribution < 1.29 is 0 Å². The number of allylic oxidation sites excluding steroid dienone is 3. The van der Waals surface area contributed by atoms with Gasteiger partial charge in [-0.25, -0.2) is 4.98 Å². The van der Waals surface area contributed by atoms with E-state index in [1.807, 2.05) is 37.9 Å². The van der Waals surface area contributed by atoms with Crippen molar-refractivity contribution in [3.63, 3.8) is 0 Å². The monoisotopic (exact) mass is 232 g/mol. The van der Waals surface area contributed by atoms with E-state index in [1.165, 1.54) is 5.57 Å². The number of hydrogen-bond donors (Lipinski definition) is 1. The van der Waals surface area contributed by atoms with Crippen LogP contribution in [-0.4, -0.2) is 22.8 Å². The molecule has 4 heteroatoms. The van der Waals surface area contributed by atoms with E-state index < -0.39 is 0 Å². The van der Waals surface area contributed by atoms with Gasteiger partial charge in [-0.15, -0.1) is 0 Å². The molecule has 0 fully saturated rings. The summed E-state index contributed by atoms with van der Waals surface area (Å²) in [5, 5.41) is 3.07. The molecule has 92 valence electrons. The van der Waals surface area contributed by atoms with Crippen molar-refractivity contribution in [3.8, 4) is 0 Å². The molecule has 1 N–H and O–H groups in total. The molecule has 0 radical (unpaired) electrons. The van der Waals surface area contributed by atoms with Gasteiger partial charge in [0.25, 0.3) is 0 Å². The van der Waals surface area contributed by atoms with E-state index in [-0.39, 0.29) is 0 Å². The molecule has 0 unspecified atom stereocenters. The number of imidazole rings is 1. The van der Waals surface area contributed by atoms with E-state index in [0.717, 1.165) is 23.0 Å². The average Bonchev–Trinajstić information content (AvgIpc) is 2.60. The maximum atomic E-state index is 4.30. The molecule has 4 nitrogen and oxygen atoms in total. The van der Waals surface area contributed by atoms with Crippen LogP contribution in [0.4, 0.5) is 5.95 Å². The number of nitrogens with one attached hydrogen (secondary N) is 1. The minimum absolute atomic E-state index is 0.785. The molecule has 17 heavy (non-hydrogen) atoms. The van der Waals surface area contributed by atoms with Gasteiger partial charge in [0, 0.05) is 18.4 Å². The predicted molar refractivity (Wildman–Crippen MR) is 74.4 cm³/mol. The maximum absolute atomic E-state index is 4.30. The number of anilines is 1. The first-order valence-electron chi connectivity index (χ1n) is 5.57. The van der Waals surface area contributed by atoms with E-state index in [0.29, 0.717) is 0 Å². The van der Waals surface area contributed by atoms with Crippen molar-refractivity contribution in [1.82, 2.24) is 9.55 Å². The summed E-state index contributed by atoms with van der Waals surface area (Å²) in [6.07, 6.45) is 3.66. The van der Waals surface area contributed by atoms with Gasteiger partial charge in [-0.1, -0.05) is 12.2 Å². The van der Waals surface area contributed by atoms with Gasteiger partial charge >= 0.3 is 0 Å². The molecule has 0 amide bonds. The molecule has 0 saturated heterocycles. The van der Waals surface area contributed by atoms with Crippen LogP contribution >= 0.6 is 0 Å². The Bertz CT molecular complexity index is 474. The molecule has 1 aromatic rings. The topological polar surface area (TPSA) is 42.2 Å². The fourth-order valence-electron chi connectivity index (χ4n) is 1.50. The fourth-order valence-corrected chi connectivity index (χ4v) is 1.50. The molecule has 0 aliphatic heterocycles. The van der Waals surface area contributed by atoms with E-state index in [1.54, 1.807) is 0 Å². The summed E-state index contributed by atoms with van der Waals surface area (Å²) in [5.41, 5.74) is 4.05. The number of nitrogens with zero attached hydrogens (tertiary/aromatic N) is 3. The molecule has 1 rings (SSSR count). The number of aliphatic imine (C=N–C) groups is 1. The Balaban J connectivity index is 3.30. The predicted octanol–water partition coefficient (Wildman–Crippen LogP) is 3.09. The summed E-state index contributed by atoms with van der Waals surface area (Å²) in [4.78, 5) is 8.56. The fraction of sp³-hybridized carbons (Fsp3) is 0.385. The van der Waals surface area contributed by atoms with Crippen molar-refractivity contribution in [2.45, 2.75) is 27.7 Å². The number of aromatic nitrogens is 2. The van der Waals surface area contributed by atoms with Crippen LogP contribution in [0.2, 0.25) is 0 Å². The van der Waals surface area contributed by atoms with Gasteiger partial charge in [0.05, 0.1) is 18.1 Å². The largest absolute Gasteiger partial charge is 0.358 e. The van der Waals surface area contributed by atoms with Crippen LogP contribution in [0, 0.1) is 6.92 Å². The first kappa shape index (κ1) is 13.2. The Morgan fingerprint density at radius 1 is 1.47 bits per heavy atom. The van der Waals surface area contributed by atoms with Crippen molar-refractivity contribution >= 4 is 17.9 Å². The zero-order valence-corrected chi connectivity index (χ0v) is 11.2. The smallest absolute Gasteiger partial charge is 0.207 e. The summed E-state index contributed by atoms with van der Waals surface area (Å²) in [7, 11) is 1.86. The molecule has 0 saturated carbocycles. The second-order valence-electron chi connectivity index (χ2n) is 4.19. The van der Waals surface area contributed by atoms with Crippen LogP contribution in [0.25, 0.3) is 5.70 Å². The Morgan fingerprint density at radius 3 is 2.59 bits per heavy atom. The third-order valence-corrected chi connectivity index (χ3v) is 2.32. The third-order valence-electron chi connectivity index (χ3n) is 2.32. The van der Waals surface area contributed by atoms with E-state index in [2.05, 4.69) is 35.7 Å². The average molecular weight is 232 g/mol. The van der Waals surface area contributed by atoms with Crippen LogP contribution in [0.3, 0.4) is 0 Å². The summed E-state index contributed by atoms with van der Waals surface area (Å²) < 4.78 is 2.04. The normalized spacial score (nSPS) is 10.6. The lowest BCUT2D eigenvalue weighted by molar-refractivity contribution is 1.04. The highest BCUT2D eigenvalue weighted by Crippen LogP contribution is 2.18. The van der Waals surface area contributed by atoms with Gasteiger partial charge in [0.2, 0.25) is 5.95 Å². The maximum Gasteiger partial charge on any atom is 0.207 e. The lowest BCUT2D eigenvalue weighted by Crippen LogP contribution is -2.07. The zero-order chi connectivity index (χ0) is 13.0. The van der Waals surface area contributed by atoms with Gasteiger partial charge in [-0.2, -0.15) is 0 Å². The summed E-state index contributed by atoms with van der Waals surface area (Å²) >= 11 is 0. The third kappa shape index (κ3) is 3.06. The Hall–Kier alpha value is -1.84. The number of hydrogen-bond acceptors (Lipinski definition) is 3. The molecule has 0 aliphatic carbocycles. The molecular weight excluding hydrogens is 212 g/mol. The van der Waals surface area contributed by atoms with Crippen LogP contribution in [0.5, 0.6) is 0 Å². The standard InChI is InChI=1S/C13H20N4/c1-9(2)12(8-15-10(3)4)17-11(5)7-16-13(17)14-6/h7-8H,3H2,1-2,4-6H3,(H,14,16). The van der Waals surface area contributed by atoms with Crippen molar-refractivity contribution in [1.29, 1.82) is 0 Å². The lowest BCUT2D eigenvalue weighted by Gasteiger charge is -2.12. The van der Waals surface area contributed by atoms with Crippen molar-refractivity contribution in [3.05, 3.63) is 29.7 Å². The van der Waals surface area contributed by atoms with Crippen molar-refractivity contribution in [2.75, 3.05) is 12.4 Å². The highest BCUT2D eigenvalue weighted by atomic mass is 15.2. The molecule has 0 bridgehead atoms. The number of rotatable bonds is 4. The molecule has 0 aromatic carbocycles. The second kappa shape index (κ2) is 5.48. The van der Waals surface area contributed by atoms with Crippen LogP contribution in [0.1, 0.15) is 26.5 Å².